The molecule has 0 saturated heterocycles. The molecular weight excluding hydrogens is 360 g/mol. The van der Waals surface area contributed by atoms with Gasteiger partial charge in [-0.25, -0.2) is 4.79 Å². The average molecular weight is 377 g/mol. The lowest BCUT2D eigenvalue weighted by atomic mass is 10.2. The fourth-order valence-corrected chi connectivity index (χ4v) is 2.32. The second-order valence-electron chi connectivity index (χ2n) is 4.52. The van der Waals surface area contributed by atoms with Crippen LogP contribution in [-0.4, -0.2) is 20.3 Å². The summed E-state index contributed by atoms with van der Waals surface area (Å²) >= 11 is 3.44. The van der Waals surface area contributed by atoms with Crippen LogP contribution in [0.5, 0.6) is 11.5 Å². The van der Waals surface area contributed by atoms with Gasteiger partial charge in [-0.3, -0.25) is 0 Å². The van der Waals surface area contributed by atoms with E-state index in [2.05, 4.69) is 26.6 Å². The van der Waals surface area contributed by atoms with Gasteiger partial charge in [-0.05, 0) is 29.8 Å². The van der Waals surface area contributed by atoms with Crippen molar-refractivity contribution in [3.05, 3.63) is 58.7 Å². The molecule has 0 saturated carbocycles. The van der Waals surface area contributed by atoms with Gasteiger partial charge in [0.1, 0.15) is 0 Å². The van der Waals surface area contributed by atoms with E-state index in [1.807, 2.05) is 24.3 Å². The molecule has 2 aromatic carbocycles. The Kier molecular flexibility index (Phi) is 6.05. The molecule has 120 valence electrons. The number of urea groups is 1. The Morgan fingerprint density at radius 1 is 1.09 bits per heavy atom. The Bertz CT molecular complexity index is 717. The highest BCUT2D eigenvalue weighted by atomic mass is 79.9. The zero-order chi connectivity index (χ0) is 16.7. The summed E-state index contributed by atoms with van der Waals surface area (Å²) in [6, 6.07) is 12.5. The normalized spacial score (nSPS) is 10.4. The van der Waals surface area contributed by atoms with Gasteiger partial charge in [-0.2, -0.15) is 0 Å². The molecule has 2 aromatic rings. The van der Waals surface area contributed by atoms with Crippen molar-refractivity contribution in [3.63, 3.8) is 0 Å². The second kappa shape index (κ2) is 8.24. The Hall–Kier alpha value is -2.47. The highest BCUT2D eigenvalue weighted by Gasteiger charge is 2.06. The van der Waals surface area contributed by atoms with Crippen LogP contribution in [0.4, 0.5) is 10.5 Å². The third-order valence-electron chi connectivity index (χ3n) is 3.02. The molecule has 5 nitrogen and oxygen atoms in total. The van der Waals surface area contributed by atoms with Crippen LogP contribution in [0, 0.1) is 0 Å². The van der Waals surface area contributed by atoms with Gasteiger partial charge in [-0.15, -0.1) is 0 Å². The Balaban J connectivity index is 1.96. The van der Waals surface area contributed by atoms with E-state index < -0.39 is 0 Å². The highest BCUT2D eigenvalue weighted by Crippen LogP contribution is 2.29. The molecule has 23 heavy (non-hydrogen) atoms. The number of methoxy groups -OCH3 is 2. The van der Waals surface area contributed by atoms with Gasteiger partial charge in [0, 0.05) is 22.4 Å². The molecule has 0 aliphatic heterocycles. The number of amides is 2. The predicted molar refractivity (Wildman–Crippen MR) is 94.9 cm³/mol. The van der Waals surface area contributed by atoms with Gasteiger partial charge in [0.15, 0.2) is 11.5 Å². The van der Waals surface area contributed by atoms with Crippen LogP contribution in [0.3, 0.4) is 0 Å². The second-order valence-corrected chi connectivity index (χ2v) is 5.38. The minimum Gasteiger partial charge on any atom is -0.493 e. The summed E-state index contributed by atoms with van der Waals surface area (Å²) in [6.07, 6.45) is 3.38. The Morgan fingerprint density at radius 2 is 1.83 bits per heavy atom. The molecule has 0 aromatic heterocycles. The van der Waals surface area contributed by atoms with Gasteiger partial charge < -0.3 is 20.1 Å². The fourth-order valence-electron chi connectivity index (χ4n) is 1.90. The van der Waals surface area contributed by atoms with E-state index in [9.17, 15) is 4.79 Å². The number of benzene rings is 2. The van der Waals surface area contributed by atoms with Crippen LogP contribution in [-0.2, 0) is 0 Å². The van der Waals surface area contributed by atoms with Crippen molar-refractivity contribution in [3.8, 4) is 11.5 Å². The first-order valence-corrected chi connectivity index (χ1v) is 7.64. The topological polar surface area (TPSA) is 59.6 Å². The fraction of sp³-hybridized carbons (Fsp3) is 0.118. The SMILES string of the molecule is COc1ccc(NC(=O)N/C=C/c2ccccc2Br)cc1OC. The maximum absolute atomic E-state index is 11.9. The number of nitrogens with one attached hydrogen (secondary N) is 2. The van der Waals surface area contributed by atoms with Crippen molar-refractivity contribution in [1.29, 1.82) is 0 Å². The lowest BCUT2D eigenvalue weighted by Crippen LogP contribution is -2.23. The van der Waals surface area contributed by atoms with E-state index in [-0.39, 0.29) is 6.03 Å². The van der Waals surface area contributed by atoms with Crippen molar-refractivity contribution < 1.29 is 14.3 Å². The maximum Gasteiger partial charge on any atom is 0.323 e. The van der Waals surface area contributed by atoms with Gasteiger partial charge in [-0.1, -0.05) is 34.1 Å². The first-order valence-electron chi connectivity index (χ1n) is 6.84. The minimum atomic E-state index is -0.347. The van der Waals surface area contributed by atoms with Crippen molar-refractivity contribution >= 4 is 33.7 Å². The third kappa shape index (κ3) is 4.75. The molecule has 0 aliphatic rings. The molecule has 0 spiro atoms. The molecule has 2 N–H and O–H groups in total. The first kappa shape index (κ1) is 16.9. The van der Waals surface area contributed by atoms with E-state index in [4.69, 9.17) is 9.47 Å². The van der Waals surface area contributed by atoms with Gasteiger partial charge in [0.05, 0.1) is 14.2 Å². The van der Waals surface area contributed by atoms with E-state index >= 15 is 0 Å². The molecule has 0 aliphatic carbocycles. The smallest absolute Gasteiger partial charge is 0.323 e. The summed E-state index contributed by atoms with van der Waals surface area (Å²) in [5.41, 5.74) is 1.58. The molecule has 0 radical (unpaired) electrons. The molecule has 2 amide bonds. The molecular formula is C17H17BrN2O3. The molecule has 2 rings (SSSR count). The summed E-state index contributed by atoms with van der Waals surface area (Å²) in [5, 5.41) is 5.37. The number of ether oxygens (including phenoxy) is 2. The maximum atomic E-state index is 11.9. The molecule has 0 bridgehead atoms. The Labute approximate surface area is 143 Å². The van der Waals surface area contributed by atoms with Crippen molar-refractivity contribution in [2.24, 2.45) is 0 Å². The molecule has 6 heteroatoms. The van der Waals surface area contributed by atoms with Crippen molar-refractivity contribution in [1.82, 2.24) is 5.32 Å². The summed E-state index contributed by atoms with van der Waals surface area (Å²) in [6.45, 7) is 0. The zero-order valence-corrected chi connectivity index (χ0v) is 14.4. The number of halogens is 1. The number of carbonyl (C=O) groups is 1. The number of rotatable bonds is 5. The lowest BCUT2D eigenvalue weighted by molar-refractivity contribution is 0.255. The van der Waals surface area contributed by atoms with Gasteiger partial charge >= 0.3 is 6.03 Å². The van der Waals surface area contributed by atoms with E-state index in [0.29, 0.717) is 17.2 Å². The quantitative estimate of drug-likeness (QED) is 0.819. The van der Waals surface area contributed by atoms with Crippen molar-refractivity contribution in [2.45, 2.75) is 0 Å². The Morgan fingerprint density at radius 3 is 2.52 bits per heavy atom. The standard InChI is InChI=1S/C17H17BrN2O3/c1-22-15-8-7-13(11-16(15)23-2)20-17(21)19-10-9-12-5-3-4-6-14(12)18/h3-11H,1-2H3,(H2,19,20,21)/b10-9+. The van der Waals surface area contributed by atoms with Gasteiger partial charge in [0.25, 0.3) is 0 Å². The number of hydrogen-bond acceptors (Lipinski definition) is 3. The van der Waals surface area contributed by atoms with Crippen LogP contribution in [0.1, 0.15) is 5.56 Å². The zero-order valence-electron chi connectivity index (χ0n) is 12.8. The summed E-state index contributed by atoms with van der Waals surface area (Å²) < 4.78 is 11.3. The molecule has 0 fully saturated rings. The minimum absolute atomic E-state index is 0.347. The largest absolute Gasteiger partial charge is 0.493 e. The van der Waals surface area contributed by atoms with Crippen LogP contribution in [0.15, 0.2) is 53.1 Å². The van der Waals surface area contributed by atoms with Crippen molar-refractivity contribution in [2.75, 3.05) is 19.5 Å². The third-order valence-corrected chi connectivity index (χ3v) is 3.75. The van der Waals surface area contributed by atoms with Crippen LogP contribution < -0.4 is 20.1 Å². The van der Waals surface area contributed by atoms with Crippen LogP contribution >= 0.6 is 15.9 Å². The number of carbonyl (C=O) groups excluding carboxylic acids is 1. The summed E-state index contributed by atoms with van der Waals surface area (Å²) in [5.74, 6) is 1.15. The van der Waals surface area contributed by atoms with Crippen LogP contribution in [0.2, 0.25) is 0 Å². The van der Waals surface area contributed by atoms with E-state index in [0.717, 1.165) is 10.0 Å². The molecule has 0 unspecified atom stereocenters. The summed E-state index contributed by atoms with van der Waals surface area (Å²) in [4.78, 5) is 11.9. The van der Waals surface area contributed by atoms with Gasteiger partial charge in [0.2, 0.25) is 0 Å². The van der Waals surface area contributed by atoms with E-state index in [1.54, 1.807) is 44.7 Å². The number of anilines is 1. The van der Waals surface area contributed by atoms with Crippen LogP contribution in [0.25, 0.3) is 6.08 Å². The molecule has 0 heterocycles. The predicted octanol–water partition coefficient (Wildman–Crippen LogP) is 4.26. The lowest BCUT2D eigenvalue weighted by Gasteiger charge is -2.10. The highest BCUT2D eigenvalue weighted by molar-refractivity contribution is 9.10. The summed E-state index contributed by atoms with van der Waals surface area (Å²) in [7, 11) is 3.10. The molecule has 0 atom stereocenters. The number of hydrogen-bond donors (Lipinski definition) is 2. The monoisotopic (exact) mass is 376 g/mol. The van der Waals surface area contributed by atoms with E-state index in [1.165, 1.54) is 0 Å². The first-order chi connectivity index (χ1) is 11.1. The average Bonchev–Trinajstić information content (AvgIpc) is 2.56.